The molecular formula is C6H11BrO5. The van der Waals surface area contributed by atoms with Crippen LogP contribution >= 0.6 is 15.9 Å². The van der Waals surface area contributed by atoms with Crippen molar-refractivity contribution in [1.82, 2.24) is 0 Å². The van der Waals surface area contributed by atoms with Gasteiger partial charge in [-0.1, -0.05) is 15.9 Å². The lowest BCUT2D eigenvalue weighted by atomic mass is 10.0. The lowest BCUT2D eigenvalue weighted by Crippen LogP contribution is -2.56. The third kappa shape index (κ3) is 1.78. The Morgan fingerprint density at radius 1 is 1.17 bits per heavy atom. The second-order valence-electron chi connectivity index (χ2n) is 2.67. The van der Waals surface area contributed by atoms with Gasteiger partial charge in [-0.2, -0.15) is 0 Å². The van der Waals surface area contributed by atoms with Gasteiger partial charge in [0.2, 0.25) is 0 Å². The van der Waals surface area contributed by atoms with E-state index in [2.05, 4.69) is 15.9 Å². The fraction of sp³-hybridized carbons (Fsp3) is 1.00. The molecule has 2 unspecified atom stereocenters. The second kappa shape index (κ2) is 3.99. The Balaban J connectivity index is 2.63. The van der Waals surface area contributed by atoms with Crippen LogP contribution in [0, 0.1) is 0 Å². The van der Waals surface area contributed by atoms with Crippen LogP contribution in [-0.2, 0) is 4.74 Å². The van der Waals surface area contributed by atoms with E-state index in [0.29, 0.717) is 0 Å². The quantitative estimate of drug-likeness (QED) is 0.407. The highest BCUT2D eigenvalue weighted by molar-refractivity contribution is 9.09. The van der Waals surface area contributed by atoms with Gasteiger partial charge in [0, 0.05) is 0 Å². The highest BCUT2D eigenvalue weighted by Crippen LogP contribution is 2.24. The number of rotatable bonds is 1. The maximum atomic E-state index is 9.27. The summed E-state index contributed by atoms with van der Waals surface area (Å²) < 4.78 is 4.78. The van der Waals surface area contributed by atoms with E-state index in [4.69, 9.17) is 14.9 Å². The first kappa shape index (κ1) is 10.4. The Labute approximate surface area is 77.7 Å². The fourth-order valence-electron chi connectivity index (χ4n) is 1.06. The summed E-state index contributed by atoms with van der Waals surface area (Å²) in [5.74, 6) is 0. The first-order valence-corrected chi connectivity index (χ1v) is 4.44. The minimum Gasteiger partial charge on any atom is -0.394 e. The predicted octanol–water partition coefficient (Wildman–Crippen LogP) is -1.82. The molecule has 0 aromatic rings. The van der Waals surface area contributed by atoms with Gasteiger partial charge in [-0.25, -0.2) is 0 Å². The molecule has 1 fully saturated rings. The van der Waals surface area contributed by atoms with Gasteiger partial charge in [0.1, 0.15) is 12.2 Å². The summed E-state index contributed by atoms with van der Waals surface area (Å²) >= 11 is 2.95. The summed E-state index contributed by atoms with van der Waals surface area (Å²) in [6.45, 7) is -0.436. The van der Waals surface area contributed by atoms with Crippen molar-refractivity contribution in [3.05, 3.63) is 0 Å². The molecule has 12 heavy (non-hydrogen) atoms. The molecule has 0 saturated carbocycles. The second-order valence-corrected chi connectivity index (χ2v) is 3.73. The number of aliphatic hydroxyl groups is 4. The third-order valence-corrected chi connectivity index (χ3v) is 2.82. The van der Waals surface area contributed by atoms with Crippen LogP contribution in [0.15, 0.2) is 0 Å². The summed E-state index contributed by atoms with van der Waals surface area (Å²) in [5.41, 5.74) is 0. The molecule has 0 aromatic carbocycles. The van der Waals surface area contributed by atoms with Crippen molar-refractivity contribution in [1.29, 1.82) is 0 Å². The SMILES string of the molecule is OC[C@H]1OC(O)C(Br)[C@@H](O)[C@@H]1O. The molecule has 4 N–H and O–H groups in total. The molecule has 0 aromatic heterocycles. The first-order chi connectivity index (χ1) is 5.57. The smallest absolute Gasteiger partial charge is 0.170 e. The number of hydrogen-bond acceptors (Lipinski definition) is 5. The van der Waals surface area contributed by atoms with Crippen LogP contribution in [0.4, 0.5) is 0 Å². The molecule has 1 saturated heterocycles. The highest BCUT2D eigenvalue weighted by Gasteiger charge is 2.42. The van der Waals surface area contributed by atoms with E-state index >= 15 is 0 Å². The van der Waals surface area contributed by atoms with E-state index < -0.39 is 36.0 Å². The van der Waals surface area contributed by atoms with Crippen molar-refractivity contribution in [3.63, 3.8) is 0 Å². The van der Waals surface area contributed by atoms with E-state index in [-0.39, 0.29) is 0 Å². The van der Waals surface area contributed by atoms with E-state index in [1.807, 2.05) is 0 Å². The molecule has 0 radical (unpaired) electrons. The predicted molar refractivity (Wildman–Crippen MR) is 42.7 cm³/mol. The van der Waals surface area contributed by atoms with Gasteiger partial charge < -0.3 is 25.2 Å². The van der Waals surface area contributed by atoms with Crippen LogP contribution < -0.4 is 0 Å². The average molecular weight is 243 g/mol. The number of ether oxygens (including phenoxy) is 1. The minimum absolute atomic E-state index is 0.436. The van der Waals surface area contributed by atoms with Crippen LogP contribution in [0.2, 0.25) is 0 Å². The van der Waals surface area contributed by atoms with E-state index in [1.54, 1.807) is 0 Å². The van der Waals surface area contributed by atoms with Gasteiger partial charge >= 0.3 is 0 Å². The van der Waals surface area contributed by atoms with Crippen LogP contribution in [0.5, 0.6) is 0 Å². The summed E-state index contributed by atoms with van der Waals surface area (Å²) in [6, 6.07) is 0. The van der Waals surface area contributed by atoms with Crippen LogP contribution in [0.25, 0.3) is 0 Å². The zero-order valence-corrected chi connectivity index (χ0v) is 7.75. The maximum Gasteiger partial charge on any atom is 0.170 e. The van der Waals surface area contributed by atoms with Crippen molar-refractivity contribution >= 4 is 15.9 Å². The van der Waals surface area contributed by atoms with Gasteiger partial charge in [0.05, 0.1) is 17.5 Å². The van der Waals surface area contributed by atoms with Crippen molar-refractivity contribution in [2.24, 2.45) is 0 Å². The summed E-state index contributed by atoms with van der Waals surface area (Å²) in [7, 11) is 0. The zero-order valence-electron chi connectivity index (χ0n) is 6.17. The molecule has 5 nitrogen and oxygen atoms in total. The van der Waals surface area contributed by atoms with Crippen molar-refractivity contribution in [2.45, 2.75) is 29.4 Å². The topological polar surface area (TPSA) is 90.2 Å². The molecule has 1 aliphatic rings. The Morgan fingerprint density at radius 3 is 2.25 bits per heavy atom. The molecule has 1 rings (SSSR count). The largest absolute Gasteiger partial charge is 0.394 e. The molecular weight excluding hydrogens is 232 g/mol. The van der Waals surface area contributed by atoms with Crippen LogP contribution in [0.1, 0.15) is 0 Å². The first-order valence-electron chi connectivity index (χ1n) is 3.52. The molecule has 6 heteroatoms. The number of aliphatic hydroxyl groups excluding tert-OH is 4. The monoisotopic (exact) mass is 242 g/mol. The number of hydrogen-bond donors (Lipinski definition) is 4. The zero-order chi connectivity index (χ0) is 9.30. The summed E-state index contributed by atoms with van der Waals surface area (Å²) in [5, 5.41) is 36.3. The van der Waals surface area contributed by atoms with Crippen molar-refractivity contribution in [3.8, 4) is 0 Å². The Morgan fingerprint density at radius 2 is 1.75 bits per heavy atom. The van der Waals surface area contributed by atoms with E-state index in [9.17, 15) is 10.2 Å². The highest BCUT2D eigenvalue weighted by atomic mass is 79.9. The standard InChI is InChI=1S/C6H11BrO5/c7-3-5(10)4(9)2(1-8)12-6(3)11/h2-6,8-11H,1H2/t2-,3?,4-,5-,6?/m1/s1. The van der Waals surface area contributed by atoms with Crippen LogP contribution in [0.3, 0.4) is 0 Å². The fourth-order valence-corrected chi connectivity index (χ4v) is 1.50. The van der Waals surface area contributed by atoms with Gasteiger partial charge in [-0.3, -0.25) is 0 Å². The van der Waals surface area contributed by atoms with Gasteiger partial charge in [0.15, 0.2) is 6.29 Å². The Hall–Kier alpha value is 0.280. The van der Waals surface area contributed by atoms with E-state index in [0.717, 1.165) is 0 Å². The molecule has 0 amide bonds. The molecule has 0 bridgehead atoms. The maximum absolute atomic E-state index is 9.27. The Kier molecular flexibility index (Phi) is 3.45. The molecule has 1 heterocycles. The number of alkyl halides is 1. The Bertz CT molecular complexity index is 150. The lowest BCUT2D eigenvalue weighted by Gasteiger charge is -2.37. The summed E-state index contributed by atoms with van der Waals surface area (Å²) in [4.78, 5) is -0.727. The van der Waals surface area contributed by atoms with Crippen molar-refractivity contribution < 1.29 is 25.2 Å². The minimum atomic E-state index is -1.21. The van der Waals surface area contributed by atoms with Crippen LogP contribution in [-0.4, -0.2) is 56.5 Å². The van der Waals surface area contributed by atoms with Gasteiger partial charge in [0.25, 0.3) is 0 Å². The number of halogens is 1. The van der Waals surface area contributed by atoms with Gasteiger partial charge in [-0.05, 0) is 0 Å². The van der Waals surface area contributed by atoms with Gasteiger partial charge in [-0.15, -0.1) is 0 Å². The molecule has 5 atom stereocenters. The van der Waals surface area contributed by atoms with E-state index in [1.165, 1.54) is 0 Å². The summed E-state index contributed by atoms with van der Waals surface area (Å²) in [6.07, 6.45) is -4.45. The normalized spacial score (nSPS) is 49.2. The molecule has 0 aliphatic carbocycles. The molecule has 1 aliphatic heterocycles. The average Bonchev–Trinajstić information content (AvgIpc) is 2.08. The van der Waals surface area contributed by atoms with Crippen molar-refractivity contribution in [2.75, 3.05) is 6.61 Å². The lowest BCUT2D eigenvalue weighted by molar-refractivity contribution is -0.233. The molecule has 0 spiro atoms. The molecule has 72 valence electrons. The third-order valence-electron chi connectivity index (χ3n) is 1.82.